The highest BCUT2D eigenvalue weighted by Crippen LogP contribution is 2.35. The third-order valence-corrected chi connectivity index (χ3v) is 5.58. The standard InChI is InChI=1S/C25H22F4N4O3/c1-3-36-20-10-15(7-8-18(20)14-5-4-6-17(26)9-14)24(35)33(2)13-16-11-30-22(23(34)25(27,28)29)19-12-31-32-21(16)19/h4-12,23,34H,3,13H2,1-2H3,(H,31,32). The van der Waals surface area contributed by atoms with Crippen LogP contribution in [0.4, 0.5) is 17.6 Å². The van der Waals surface area contributed by atoms with E-state index in [1.807, 2.05) is 0 Å². The first kappa shape index (κ1) is 25.1. The van der Waals surface area contributed by atoms with E-state index in [0.29, 0.717) is 34.6 Å². The molecule has 4 rings (SSSR count). The van der Waals surface area contributed by atoms with Gasteiger partial charge in [0, 0.05) is 41.9 Å². The number of H-pyrrole nitrogens is 1. The van der Waals surface area contributed by atoms with Gasteiger partial charge in [-0.15, -0.1) is 0 Å². The van der Waals surface area contributed by atoms with Crippen molar-refractivity contribution in [3.05, 3.63) is 77.5 Å². The second kappa shape index (κ2) is 9.94. The van der Waals surface area contributed by atoms with E-state index in [4.69, 9.17) is 4.74 Å². The van der Waals surface area contributed by atoms with Gasteiger partial charge in [0.1, 0.15) is 11.6 Å². The van der Waals surface area contributed by atoms with Gasteiger partial charge in [-0.05, 0) is 42.8 Å². The van der Waals surface area contributed by atoms with Crippen LogP contribution in [-0.4, -0.2) is 50.9 Å². The average Bonchev–Trinajstić information content (AvgIpc) is 3.33. The predicted molar refractivity (Wildman–Crippen MR) is 124 cm³/mol. The zero-order valence-electron chi connectivity index (χ0n) is 19.3. The van der Waals surface area contributed by atoms with E-state index in [-0.39, 0.29) is 23.4 Å². The molecule has 188 valence electrons. The Morgan fingerprint density at radius 2 is 1.97 bits per heavy atom. The number of aliphatic hydroxyl groups excluding tert-OH is 1. The van der Waals surface area contributed by atoms with Crippen LogP contribution in [0.25, 0.3) is 22.0 Å². The molecule has 0 aliphatic carbocycles. The van der Waals surface area contributed by atoms with Gasteiger partial charge in [-0.2, -0.15) is 18.3 Å². The maximum Gasteiger partial charge on any atom is 0.420 e. The first-order valence-electron chi connectivity index (χ1n) is 10.9. The Kier molecular flexibility index (Phi) is 6.93. The lowest BCUT2D eigenvalue weighted by Gasteiger charge is -2.20. The number of aromatic amines is 1. The number of hydrogen-bond acceptors (Lipinski definition) is 5. The lowest BCUT2D eigenvalue weighted by Crippen LogP contribution is -2.27. The van der Waals surface area contributed by atoms with E-state index >= 15 is 0 Å². The first-order valence-corrected chi connectivity index (χ1v) is 10.9. The monoisotopic (exact) mass is 502 g/mol. The fourth-order valence-electron chi connectivity index (χ4n) is 3.87. The van der Waals surface area contributed by atoms with Gasteiger partial charge in [0.05, 0.1) is 24.0 Å². The normalized spacial score (nSPS) is 12.5. The van der Waals surface area contributed by atoms with Gasteiger partial charge in [0.2, 0.25) is 0 Å². The summed E-state index contributed by atoms with van der Waals surface area (Å²) in [6.45, 7) is 2.12. The Morgan fingerprint density at radius 3 is 2.67 bits per heavy atom. The van der Waals surface area contributed by atoms with E-state index in [2.05, 4.69) is 15.2 Å². The number of benzene rings is 2. The van der Waals surface area contributed by atoms with Crippen LogP contribution in [0.2, 0.25) is 0 Å². The quantitative estimate of drug-likeness (QED) is 0.346. The first-order chi connectivity index (χ1) is 17.1. The van der Waals surface area contributed by atoms with Crippen LogP contribution in [0.15, 0.2) is 54.9 Å². The van der Waals surface area contributed by atoms with E-state index in [1.54, 1.807) is 37.3 Å². The fourth-order valence-corrected chi connectivity index (χ4v) is 3.87. The molecular weight excluding hydrogens is 480 g/mol. The zero-order valence-corrected chi connectivity index (χ0v) is 19.3. The van der Waals surface area contributed by atoms with Gasteiger partial charge >= 0.3 is 6.18 Å². The summed E-state index contributed by atoms with van der Waals surface area (Å²) in [5.74, 6) is -0.374. The summed E-state index contributed by atoms with van der Waals surface area (Å²) in [6, 6.07) is 10.8. The van der Waals surface area contributed by atoms with Gasteiger partial charge < -0.3 is 14.7 Å². The number of carbonyl (C=O) groups excluding carboxylic acids is 1. The topological polar surface area (TPSA) is 91.3 Å². The maximum atomic E-state index is 13.7. The predicted octanol–water partition coefficient (Wildman–Crippen LogP) is 5.03. The van der Waals surface area contributed by atoms with Crippen molar-refractivity contribution in [3.8, 4) is 16.9 Å². The molecule has 0 spiro atoms. The highest BCUT2D eigenvalue weighted by atomic mass is 19.4. The number of aliphatic hydroxyl groups is 1. The number of hydrogen-bond donors (Lipinski definition) is 2. The SMILES string of the molecule is CCOc1cc(C(=O)N(C)Cc2cnc(C(O)C(F)(F)F)c3cn[nH]c23)ccc1-c1cccc(F)c1. The minimum atomic E-state index is -4.89. The summed E-state index contributed by atoms with van der Waals surface area (Å²) in [5.41, 5.74) is 1.60. The second-order valence-electron chi connectivity index (χ2n) is 8.09. The van der Waals surface area contributed by atoms with Crippen molar-refractivity contribution in [2.45, 2.75) is 25.7 Å². The van der Waals surface area contributed by atoms with Crippen molar-refractivity contribution in [2.24, 2.45) is 0 Å². The number of aromatic nitrogens is 3. The Morgan fingerprint density at radius 1 is 1.19 bits per heavy atom. The Bertz CT molecular complexity index is 1400. The number of fused-ring (bicyclic) bond motifs is 1. The number of ether oxygens (including phenoxy) is 1. The lowest BCUT2D eigenvalue weighted by atomic mass is 10.0. The molecule has 1 atom stereocenters. The second-order valence-corrected chi connectivity index (χ2v) is 8.09. The summed E-state index contributed by atoms with van der Waals surface area (Å²) in [4.78, 5) is 18.3. The molecule has 0 radical (unpaired) electrons. The Labute approximate surface area is 203 Å². The van der Waals surface area contributed by atoms with E-state index in [9.17, 15) is 27.5 Å². The molecule has 2 aromatic carbocycles. The minimum Gasteiger partial charge on any atom is -0.493 e. The molecule has 0 aliphatic heterocycles. The highest BCUT2D eigenvalue weighted by molar-refractivity contribution is 5.96. The number of pyridine rings is 1. The molecule has 7 nitrogen and oxygen atoms in total. The molecule has 0 saturated heterocycles. The van der Waals surface area contributed by atoms with E-state index in [1.165, 1.54) is 30.3 Å². The van der Waals surface area contributed by atoms with E-state index < -0.39 is 23.8 Å². The molecule has 11 heteroatoms. The molecule has 4 aromatic rings. The fraction of sp³-hybridized carbons (Fsp3) is 0.240. The lowest BCUT2D eigenvalue weighted by molar-refractivity contribution is -0.207. The van der Waals surface area contributed by atoms with Crippen LogP contribution in [0, 0.1) is 5.82 Å². The average molecular weight is 502 g/mol. The highest BCUT2D eigenvalue weighted by Gasteiger charge is 2.41. The van der Waals surface area contributed by atoms with Crippen molar-refractivity contribution >= 4 is 16.8 Å². The van der Waals surface area contributed by atoms with Crippen molar-refractivity contribution in [1.82, 2.24) is 20.1 Å². The summed E-state index contributed by atoms with van der Waals surface area (Å²) in [7, 11) is 1.53. The number of halogens is 4. The number of nitrogens with one attached hydrogen (secondary N) is 1. The van der Waals surface area contributed by atoms with Gasteiger partial charge in [-0.1, -0.05) is 12.1 Å². The van der Waals surface area contributed by atoms with E-state index in [0.717, 1.165) is 6.20 Å². The van der Waals surface area contributed by atoms with Crippen molar-refractivity contribution < 1.29 is 32.2 Å². The summed E-state index contributed by atoms with van der Waals surface area (Å²) in [6.07, 6.45) is -5.33. The van der Waals surface area contributed by atoms with Gasteiger partial charge in [-0.25, -0.2) is 4.39 Å². The maximum absolute atomic E-state index is 13.7. The van der Waals surface area contributed by atoms with Crippen LogP contribution >= 0.6 is 0 Å². The van der Waals surface area contributed by atoms with Gasteiger partial charge in [0.25, 0.3) is 5.91 Å². The molecule has 2 heterocycles. The number of nitrogens with zero attached hydrogens (tertiary/aromatic N) is 3. The molecule has 2 N–H and O–H groups in total. The molecule has 36 heavy (non-hydrogen) atoms. The minimum absolute atomic E-state index is 0.00252. The van der Waals surface area contributed by atoms with Crippen molar-refractivity contribution in [3.63, 3.8) is 0 Å². The van der Waals surface area contributed by atoms with Crippen LogP contribution in [0.3, 0.4) is 0 Å². The largest absolute Gasteiger partial charge is 0.493 e. The third kappa shape index (κ3) is 5.01. The third-order valence-electron chi connectivity index (χ3n) is 5.58. The molecular formula is C25H22F4N4O3. The summed E-state index contributed by atoms with van der Waals surface area (Å²) in [5, 5.41) is 16.1. The van der Waals surface area contributed by atoms with Crippen molar-refractivity contribution in [1.29, 1.82) is 0 Å². The Balaban J connectivity index is 1.61. The molecule has 2 aromatic heterocycles. The van der Waals surface area contributed by atoms with Gasteiger partial charge in [-0.3, -0.25) is 14.9 Å². The molecule has 0 fully saturated rings. The molecule has 1 unspecified atom stereocenters. The zero-order chi connectivity index (χ0) is 26.0. The number of rotatable bonds is 7. The molecule has 0 aliphatic rings. The van der Waals surface area contributed by atoms with Crippen LogP contribution in [0.5, 0.6) is 5.75 Å². The summed E-state index contributed by atoms with van der Waals surface area (Å²) >= 11 is 0. The molecule has 1 amide bonds. The van der Waals surface area contributed by atoms with Crippen LogP contribution in [0.1, 0.15) is 34.6 Å². The van der Waals surface area contributed by atoms with Crippen LogP contribution < -0.4 is 4.74 Å². The van der Waals surface area contributed by atoms with Crippen LogP contribution in [-0.2, 0) is 6.54 Å². The number of amides is 1. The van der Waals surface area contributed by atoms with Gasteiger partial charge in [0.15, 0.2) is 6.10 Å². The number of carbonyl (C=O) groups is 1. The molecule has 0 saturated carbocycles. The number of alkyl halides is 3. The summed E-state index contributed by atoms with van der Waals surface area (Å²) < 4.78 is 58.5. The molecule has 0 bridgehead atoms. The Hall–Kier alpha value is -3.99. The van der Waals surface area contributed by atoms with Crippen molar-refractivity contribution in [2.75, 3.05) is 13.7 Å². The smallest absolute Gasteiger partial charge is 0.420 e.